The zero-order chi connectivity index (χ0) is 15.1. The minimum atomic E-state index is -1.53. The number of nitrogens with two attached hydrogens (primary N) is 1. The fraction of sp³-hybridized carbons (Fsp3) is 0.667. The number of rotatable bonds is 3. The van der Waals surface area contributed by atoms with Crippen molar-refractivity contribution in [3.8, 4) is 0 Å². The normalized spacial score (nSPS) is 34.2. The minimum Gasteiger partial charge on any atom is -0.383 e. The molecule has 6 heteroatoms. The molecule has 1 saturated heterocycles. The first-order chi connectivity index (χ1) is 9.25. The minimum absolute atomic E-state index is 0.133. The smallest absolute Gasteiger partial charge is 0.351 e. The van der Waals surface area contributed by atoms with Gasteiger partial charge in [0.1, 0.15) is 11.9 Å². The van der Waals surface area contributed by atoms with Crippen LogP contribution >= 0.6 is 0 Å². The quantitative estimate of drug-likeness (QED) is 0.863. The van der Waals surface area contributed by atoms with Gasteiger partial charge < -0.3 is 15.2 Å². The number of hydrogen-bond acceptors (Lipinski definition) is 5. The Hall–Kier alpha value is -1.40. The van der Waals surface area contributed by atoms with Crippen LogP contribution in [0.2, 0.25) is 0 Å². The Labute approximate surface area is 109 Å². The number of methoxy groups -OCH3 is 1. The van der Waals surface area contributed by atoms with Gasteiger partial charge in [-0.1, -0.05) is 13.8 Å². The first-order valence-electron chi connectivity index (χ1n) is 6.78. The fourth-order valence-electron chi connectivity index (χ4n) is 2.29. The van der Waals surface area contributed by atoms with Gasteiger partial charge in [-0.3, -0.25) is 4.57 Å². The maximum Gasteiger partial charge on any atom is 0.351 e. The largest absolute Gasteiger partial charge is 0.383 e. The average Bonchev–Trinajstić information content (AvgIpc) is 2.65. The van der Waals surface area contributed by atoms with Crippen LogP contribution < -0.4 is 11.4 Å². The lowest BCUT2D eigenvalue weighted by molar-refractivity contribution is -0.0529. The molecule has 1 aromatic rings. The molecule has 18 heavy (non-hydrogen) atoms. The van der Waals surface area contributed by atoms with E-state index in [1.54, 1.807) is 0 Å². The summed E-state index contributed by atoms with van der Waals surface area (Å²) < 4.78 is 28.1. The second-order valence-corrected chi connectivity index (χ2v) is 4.34. The van der Waals surface area contributed by atoms with Crippen molar-refractivity contribution >= 4 is 5.82 Å². The number of anilines is 1. The van der Waals surface area contributed by atoms with Crippen molar-refractivity contribution in [3.05, 3.63) is 22.7 Å². The second kappa shape index (κ2) is 5.07. The Balaban J connectivity index is 2.38. The van der Waals surface area contributed by atoms with Gasteiger partial charge >= 0.3 is 5.69 Å². The molecule has 1 aliphatic heterocycles. The monoisotopic (exact) mass is 255 g/mol. The highest BCUT2D eigenvalue weighted by molar-refractivity contribution is 5.23. The molecule has 2 heterocycles. The van der Waals surface area contributed by atoms with Gasteiger partial charge in [0.15, 0.2) is 6.23 Å². The Morgan fingerprint density at radius 2 is 2.44 bits per heavy atom. The molecule has 100 valence electrons. The number of ether oxygens (including phenoxy) is 2. The van der Waals surface area contributed by atoms with Crippen LogP contribution in [-0.4, -0.2) is 28.9 Å². The van der Waals surface area contributed by atoms with E-state index in [9.17, 15) is 4.79 Å². The number of nitrogens with zero attached hydrogens (tertiary/aromatic N) is 2. The zero-order valence-corrected chi connectivity index (χ0v) is 10.7. The van der Waals surface area contributed by atoms with Crippen LogP contribution in [0.3, 0.4) is 0 Å². The Kier molecular flexibility index (Phi) is 2.96. The highest BCUT2D eigenvalue weighted by atomic mass is 16.6. The molecule has 0 saturated carbocycles. The molecule has 0 unspecified atom stereocenters. The van der Waals surface area contributed by atoms with Gasteiger partial charge in [0.05, 0.1) is 6.10 Å². The van der Waals surface area contributed by atoms with Crippen molar-refractivity contribution in [3.63, 3.8) is 0 Å². The van der Waals surface area contributed by atoms with Crippen LogP contribution in [0.25, 0.3) is 0 Å². The van der Waals surface area contributed by atoms with Gasteiger partial charge in [-0.05, 0) is 12.4 Å². The van der Waals surface area contributed by atoms with Gasteiger partial charge in [-0.25, -0.2) is 4.79 Å². The molecule has 1 aromatic heterocycles. The maximum absolute atomic E-state index is 11.9. The van der Waals surface area contributed by atoms with Crippen LogP contribution in [0.15, 0.2) is 17.1 Å². The Bertz CT molecular complexity index is 543. The molecule has 6 nitrogen and oxygen atoms in total. The van der Waals surface area contributed by atoms with Crippen molar-refractivity contribution in [1.29, 1.82) is 0 Å². The summed E-state index contributed by atoms with van der Waals surface area (Å²) in [5.41, 5.74) is 4.92. The molecule has 2 N–H and O–H groups in total. The highest BCUT2D eigenvalue weighted by Gasteiger charge is 2.42. The van der Waals surface area contributed by atoms with E-state index in [1.165, 1.54) is 30.9 Å². The molecule has 0 amide bonds. The Morgan fingerprint density at radius 3 is 3.00 bits per heavy atom. The molecule has 0 aromatic carbocycles. The third-order valence-electron chi connectivity index (χ3n) is 3.25. The van der Waals surface area contributed by atoms with Crippen LogP contribution in [0, 0.1) is 5.92 Å². The molecule has 1 aliphatic rings. The average molecular weight is 255 g/mol. The van der Waals surface area contributed by atoms with E-state index >= 15 is 0 Å². The van der Waals surface area contributed by atoms with Crippen LogP contribution in [0.4, 0.5) is 5.82 Å². The fourth-order valence-corrected chi connectivity index (χ4v) is 2.29. The van der Waals surface area contributed by atoms with Crippen molar-refractivity contribution in [1.82, 2.24) is 9.55 Å². The lowest BCUT2D eigenvalue weighted by Crippen LogP contribution is -2.34. The summed E-state index contributed by atoms with van der Waals surface area (Å²) in [6.07, 6.45) is -1.85. The zero-order valence-electron chi connectivity index (χ0n) is 12.7. The molecule has 1 fully saturated rings. The van der Waals surface area contributed by atoms with E-state index in [0.717, 1.165) is 0 Å². The summed E-state index contributed by atoms with van der Waals surface area (Å²) in [7, 11) is 1.51. The third-order valence-corrected chi connectivity index (χ3v) is 3.25. The number of hydrogen-bond donors (Lipinski definition) is 1. The van der Waals surface area contributed by atoms with Gasteiger partial charge in [-0.2, -0.15) is 4.98 Å². The highest BCUT2D eigenvalue weighted by Crippen LogP contribution is 2.36. The molecular formula is C12H19N3O3. The Morgan fingerprint density at radius 1 is 1.72 bits per heavy atom. The van der Waals surface area contributed by atoms with Gasteiger partial charge in [0, 0.05) is 22.0 Å². The van der Waals surface area contributed by atoms with E-state index < -0.39 is 30.5 Å². The standard InChI is InChI=1S/C12H19N3O3/c1-4-8-7(2)10(17-3)11(18-8)15-6-5-9(13)14-12(15)16/h5-8,10-11H,4H2,1-3H3,(H2,13,14,16)/t7-,8-,10-,11-/m1/s1/i4D2. The topological polar surface area (TPSA) is 79.4 Å². The predicted octanol–water partition coefficient (Wildman–Crippen LogP) is 0.784. The molecule has 0 aliphatic carbocycles. The summed E-state index contributed by atoms with van der Waals surface area (Å²) in [5, 5.41) is 0. The summed E-state index contributed by atoms with van der Waals surface area (Å²) in [5.74, 6) is -0.0666. The number of nitrogen functional groups attached to an aromatic ring is 1. The summed E-state index contributed by atoms with van der Waals surface area (Å²) in [6.45, 7) is 3.29. The van der Waals surface area contributed by atoms with Gasteiger partial charge in [0.25, 0.3) is 0 Å². The van der Waals surface area contributed by atoms with Crippen molar-refractivity contribution in [2.75, 3.05) is 12.8 Å². The van der Waals surface area contributed by atoms with Crippen LogP contribution in [-0.2, 0) is 9.47 Å². The van der Waals surface area contributed by atoms with Crippen molar-refractivity contribution in [2.45, 2.75) is 38.7 Å². The molecule has 0 spiro atoms. The first-order valence-corrected chi connectivity index (χ1v) is 5.78. The second-order valence-electron chi connectivity index (χ2n) is 4.34. The summed E-state index contributed by atoms with van der Waals surface area (Å²) >= 11 is 0. The third kappa shape index (κ3) is 2.13. The van der Waals surface area contributed by atoms with Crippen molar-refractivity contribution in [2.24, 2.45) is 5.92 Å². The molecule has 4 atom stereocenters. The summed E-state index contributed by atoms with van der Waals surface area (Å²) in [4.78, 5) is 15.5. The van der Waals surface area contributed by atoms with E-state index in [-0.39, 0.29) is 11.7 Å². The lowest BCUT2D eigenvalue weighted by atomic mass is 9.98. The van der Waals surface area contributed by atoms with E-state index in [4.69, 9.17) is 17.9 Å². The van der Waals surface area contributed by atoms with Crippen LogP contribution in [0.5, 0.6) is 0 Å². The van der Waals surface area contributed by atoms with Crippen molar-refractivity contribution < 1.29 is 12.2 Å². The molecular weight excluding hydrogens is 234 g/mol. The van der Waals surface area contributed by atoms with Gasteiger partial charge in [0.2, 0.25) is 0 Å². The SMILES string of the molecule is [2H]C([2H])(C)[C@H]1O[C@@H](n2ccc(N)nc2=O)[C@H](OC)[C@@H]1C. The number of aromatic nitrogens is 2. The van der Waals surface area contributed by atoms with Gasteiger partial charge in [-0.15, -0.1) is 0 Å². The molecule has 0 bridgehead atoms. The van der Waals surface area contributed by atoms with Crippen LogP contribution in [0.1, 0.15) is 29.2 Å². The summed E-state index contributed by atoms with van der Waals surface area (Å²) in [6, 6.07) is 1.50. The van der Waals surface area contributed by atoms with E-state index in [1.807, 2.05) is 6.92 Å². The first kappa shape index (κ1) is 10.5. The lowest BCUT2D eigenvalue weighted by Gasteiger charge is -2.20. The van der Waals surface area contributed by atoms with E-state index in [2.05, 4.69) is 4.98 Å². The predicted molar refractivity (Wildman–Crippen MR) is 67.1 cm³/mol. The van der Waals surface area contributed by atoms with E-state index in [0.29, 0.717) is 0 Å². The molecule has 0 radical (unpaired) electrons. The maximum atomic E-state index is 11.9. The molecule has 2 rings (SSSR count).